The first-order chi connectivity index (χ1) is 9.16. The zero-order chi connectivity index (χ0) is 13.7. The summed E-state index contributed by atoms with van der Waals surface area (Å²) < 4.78 is 26.2. The van der Waals surface area contributed by atoms with Crippen LogP contribution in [0.3, 0.4) is 0 Å². The van der Waals surface area contributed by atoms with E-state index in [1.165, 1.54) is 12.1 Å². The highest BCUT2D eigenvalue weighted by Gasteiger charge is 2.15. The number of rotatable bonds is 5. The minimum Gasteiger partial charge on any atom is -0.383 e. The van der Waals surface area contributed by atoms with Crippen molar-refractivity contribution in [3.8, 4) is 0 Å². The zero-order valence-electron chi connectivity index (χ0n) is 11.3. The Balaban J connectivity index is 1.76. The van der Waals surface area contributed by atoms with Gasteiger partial charge in [0.15, 0.2) is 0 Å². The van der Waals surface area contributed by atoms with Crippen molar-refractivity contribution in [2.75, 3.05) is 38.0 Å². The van der Waals surface area contributed by atoms with E-state index < -0.39 is 11.6 Å². The Kier molecular flexibility index (Phi) is 5.10. The molecular weight excluding hydrogens is 248 g/mol. The van der Waals surface area contributed by atoms with Crippen LogP contribution in [-0.2, 0) is 0 Å². The van der Waals surface area contributed by atoms with Crippen molar-refractivity contribution in [1.82, 2.24) is 10.2 Å². The molecule has 1 aliphatic rings. The second-order valence-corrected chi connectivity index (χ2v) is 4.97. The average molecular weight is 269 g/mol. The number of halogens is 2. The molecule has 0 aromatic heterocycles. The van der Waals surface area contributed by atoms with Crippen molar-refractivity contribution < 1.29 is 8.78 Å². The largest absolute Gasteiger partial charge is 0.383 e. The summed E-state index contributed by atoms with van der Waals surface area (Å²) in [7, 11) is 0. The van der Waals surface area contributed by atoms with Gasteiger partial charge in [0, 0.05) is 44.8 Å². The predicted molar refractivity (Wildman–Crippen MR) is 73.4 cm³/mol. The van der Waals surface area contributed by atoms with Gasteiger partial charge in [-0.1, -0.05) is 0 Å². The van der Waals surface area contributed by atoms with Crippen LogP contribution in [0.2, 0.25) is 0 Å². The summed E-state index contributed by atoms with van der Waals surface area (Å²) in [5.41, 5.74) is 0.369. The Morgan fingerprint density at radius 2 is 2.05 bits per heavy atom. The maximum absolute atomic E-state index is 13.4. The summed E-state index contributed by atoms with van der Waals surface area (Å²) in [6.45, 7) is 7.06. The molecule has 0 radical (unpaired) electrons. The van der Waals surface area contributed by atoms with Gasteiger partial charge in [-0.05, 0) is 25.5 Å². The molecule has 0 saturated carbocycles. The van der Waals surface area contributed by atoms with E-state index in [2.05, 4.69) is 22.5 Å². The number of benzene rings is 1. The van der Waals surface area contributed by atoms with Gasteiger partial charge in [-0.3, -0.25) is 4.90 Å². The molecule has 5 heteroatoms. The molecule has 1 fully saturated rings. The Bertz CT molecular complexity index is 406. The fraction of sp³-hybridized carbons (Fsp3) is 0.571. The molecule has 0 amide bonds. The normalized spacial score (nSPS) is 18.3. The number of nitrogens with zero attached hydrogens (tertiary/aromatic N) is 1. The molecule has 1 aromatic carbocycles. The van der Waals surface area contributed by atoms with Crippen LogP contribution in [0.4, 0.5) is 14.5 Å². The van der Waals surface area contributed by atoms with E-state index in [0.29, 0.717) is 18.3 Å². The van der Waals surface area contributed by atoms with Gasteiger partial charge >= 0.3 is 0 Å². The van der Waals surface area contributed by atoms with Crippen LogP contribution >= 0.6 is 0 Å². The third-order valence-corrected chi connectivity index (χ3v) is 3.58. The topological polar surface area (TPSA) is 27.3 Å². The van der Waals surface area contributed by atoms with Gasteiger partial charge in [0.2, 0.25) is 0 Å². The molecule has 1 unspecified atom stereocenters. The number of piperazine rings is 1. The van der Waals surface area contributed by atoms with Crippen molar-refractivity contribution in [2.24, 2.45) is 0 Å². The van der Waals surface area contributed by atoms with E-state index in [-0.39, 0.29) is 0 Å². The molecule has 2 N–H and O–H groups in total. The third kappa shape index (κ3) is 4.14. The SMILES string of the molecule is CC(CCNc1ccc(F)cc1F)N1CCNCC1. The standard InChI is InChI=1S/C14H21F2N3/c1-11(19-8-6-17-7-9-19)4-5-18-14-3-2-12(15)10-13(14)16/h2-3,10-11,17-18H,4-9H2,1H3. The van der Waals surface area contributed by atoms with Crippen molar-refractivity contribution in [3.05, 3.63) is 29.8 Å². The second-order valence-electron chi connectivity index (χ2n) is 4.97. The maximum atomic E-state index is 13.4. The van der Waals surface area contributed by atoms with Crippen LogP contribution in [0.25, 0.3) is 0 Å². The average Bonchev–Trinajstić information content (AvgIpc) is 2.42. The van der Waals surface area contributed by atoms with E-state index in [1.54, 1.807) is 0 Å². The van der Waals surface area contributed by atoms with Crippen molar-refractivity contribution in [1.29, 1.82) is 0 Å². The van der Waals surface area contributed by atoms with Crippen LogP contribution in [0, 0.1) is 11.6 Å². The molecule has 1 saturated heterocycles. The minimum absolute atomic E-state index is 0.369. The molecule has 1 aliphatic heterocycles. The van der Waals surface area contributed by atoms with Crippen LogP contribution in [0.5, 0.6) is 0 Å². The molecule has 1 heterocycles. The smallest absolute Gasteiger partial charge is 0.149 e. The Hall–Kier alpha value is -1.20. The number of anilines is 1. The van der Waals surface area contributed by atoms with E-state index in [4.69, 9.17) is 0 Å². The molecule has 19 heavy (non-hydrogen) atoms. The lowest BCUT2D eigenvalue weighted by Crippen LogP contribution is -2.47. The molecule has 1 atom stereocenters. The van der Waals surface area contributed by atoms with Gasteiger partial charge in [-0.2, -0.15) is 0 Å². The first-order valence-electron chi connectivity index (χ1n) is 6.80. The number of hydrogen-bond donors (Lipinski definition) is 2. The van der Waals surface area contributed by atoms with Crippen LogP contribution in [0.1, 0.15) is 13.3 Å². The second kappa shape index (κ2) is 6.82. The lowest BCUT2D eigenvalue weighted by Gasteiger charge is -2.32. The molecule has 2 rings (SSSR count). The summed E-state index contributed by atoms with van der Waals surface area (Å²) in [5.74, 6) is -1.08. The fourth-order valence-electron chi connectivity index (χ4n) is 2.35. The van der Waals surface area contributed by atoms with Gasteiger partial charge < -0.3 is 10.6 Å². The Morgan fingerprint density at radius 3 is 2.74 bits per heavy atom. The minimum atomic E-state index is -0.544. The molecule has 3 nitrogen and oxygen atoms in total. The fourth-order valence-corrected chi connectivity index (χ4v) is 2.35. The lowest BCUT2D eigenvalue weighted by atomic mass is 10.1. The molecule has 0 spiro atoms. The van der Waals surface area contributed by atoms with Crippen LogP contribution < -0.4 is 10.6 Å². The van der Waals surface area contributed by atoms with Gasteiger partial charge in [-0.25, -0.2) is 8.78 Å². The first kappa shape index (κ1) is 14.2. The van der Waals surface area contributed by atoms with Crippen molar-refractivity contribution >= 4 is 5.69 Å². The van der Waals surface area contributed by atoms with E-state index >= 15 is 0 Å². The first-order valence-corrected chi connectivity index (χ1v) is 6.80. The van der Waals surface area contributed by atoms with E-state index in [0.717, 1.165) is 38.7 Å². The van der Waals surface area contributed by atoms with Crippen LogP contribution in [-0.4, -0.2) is 43.7 Å². The zero-order valence-corrected chi connectivity index (χ0v) is 11.3. The van der Waals surface area contributed by atoms with Crippen molar-refractivity contribution in [3.63, 3.8) is 0 Å². The quantitative estimate of drug-likeness (QED) is 0.857. The van der Waals surface area contributed by atoms with E-state index in [1.807, 2.05) is 0 Å². The highest BCUT2D eigenvalue weighted by Crippen LogP contribution is 2.15. The van der Waals surface area contributed by atoms with Crippen LogP contribution in [0.15, 0.2) is 18.2 Å². The third-order valence-electron chi connectivity index (χ3n) is 3.58. The predicted octanol–water partition coefficient (Wildman–Crippen LogP) is 2.06. The highest BCUT2D eigenvalue weighted by atomic mass is 19.1. The summed E-state index contributed by atoms with van der Waals surface area (Å²) in [4.78, 5) is 2.43. The summed E-state index contributed by atoms with van der Waals surface area (Å²) in [6, 6.07) is 4.09. The summed E-state index contributed by atoms with van der Waals surface area (Å²) in [6.07, 6.45) is 0.941. The molecule has 1 aromatic rings. The maximum Gasteiger partial charge on any atom is 0.149 e. The van der Waals surface area contributed by atoms with Gasteiger partial charge in [0.1, 0.15) is 11.6 Å². The monoisotopic (exact) mass is 269 g/mol. The molecule has 0 aliphatic carbocycles. The van der Waals surface area contributed by atoms with Gasteiger partial charge in [0.25, 0.3) is 0 Å². The Morgan fingerprint density at radius 1 is 1.32 bits per heavy atom. The molecule has 0 bridgehead atoms. The number of nitrogens with one attached hydrogen (secondary N) is 2. The summed E-state index contributed by atoms with van der Waals surface area (Å²) in [5, 5.41) is 6.35. The molecule has 106 valence electrons. The lowest BCUT2D eigenvalue weighted by molar-refractivity contribution is 0.179. The Labute approximate surface area is 113 Å². The van der Waals surface area contributed by atoms with Gasteiger partial charge in [0.05, 0.1) is 5.69 Å². The van der Waals surface area contributed by atoms with Gasteiger partial charge in [-0.15, -0.1) is 0 Å². The molecular formula is C14H21F2N3. The number of hydrogen-bond acceptors (Lipinski definition) is 3. The highest BCUT2D eigenvalue weighted by molar-refractivity contribution is 5.44. The van der Waals surface area contributed by atoms with Crippen molar-refractivity contribution in [2.45, 2.75) is 19.4 Å². The summed E-state index contributed by atoms with van der Waals surface area (Å²) >= 11 is 0. The van der Waals surface area contributed by atoms with E-state index in [9.17, 15) is 8.78 Å².